The van der Waals surface area contributed by atoms with Crippen LogP contribution in [0.1, 0.15) is 5.56 Å². The van der Waals surface area contributed by atoms with Gasteiger partial charge in [-0.2, -0.15) is 4.98 Å². The summed E-state index contributed by atoms with van der Waals surface area (Å²) in [4.78, 5) is 3.97. The maximum absolute atomic E-state index is 12.1. The lowest BCUT2D eigenvalue weighted by Crippen LogP contribution is -2.13. The Morgan fingerprint density at radius 2 is 2.00 bits per heavy atom. The number of thiophene rings is 1. The highest BCUT2D eigenvalue weighted by atomic mass is 35.5. The highest BCUT2D eigenvalue weighted by Crippen LogP contribution is 2.18. The van der Waals surface area contributed by atoms with E-state index in [0.29, 0.717) is 11.6 Å². The Balaban J connectivity index is 1.73. The van der Waals surface area contributed by atoms with E-state index in [4.69, 9.17) is 11.6 Å². The van der Waals surface area contributed by atoms with Gasteiger partial charge in [-0.15, -0.1) is 16.4 Å². The van der Waals surface area contributed by atoms with Crippen LogP contribution in [0, 0.1) is 0 Å². The molecule has 0 saturated heterocycles. The van der Waals surface area contributed by atoms with E-state index in [1.165, 1.54) is 12.4 Å². The van der Waals surface area contributed by atoms with Crippen molar-refractivity contribution in [3.63, 3.8) is 0 Å². The number of anilines is 1. The number of aromatic nitrogens is 3. The summed E-state index contributed by atoms with van der Waals surface area (Å²) in [6, 6.07) is 10.5. The lowest BCUT2D eigenvalue weighted by molar-refractivity contribution is 0.602. The average molecular weight is 355 g/mol. The molecule has 0 spiro atoms. The molecule has 1 N–H and O–H groups in total. The number of benzene rings is 1. The highest BCUT2D eigenvalue weighted by Gasteiger charge is 2.17. The molecule has 0 amide bonds. The largest absolute Gasteiger partial charge is 0.273 e. The second kappa shape index (κ2) is 6.07. The van der Waals surface area contributed by atoms with Crippen LogP contribution < -0.4 is 4.72 Å². The summed E-state index contributed by atoms with van der Waals surface area (Å²) < 4.78 is 28.3. The molecule has 114 valence electrons. The van der Waals surface area contributed by atoms with Crippen LogP contribution >= 0.6 is 22.9 Å². The summed E-state index contributed by atoms with van der Waals surface area (Å²) in [7, 11) is -3.62. The number of nitrogens with zero attached hydrogens (tertiary/aromatic N) is 3. The monoisotopic (exact) mass is 354 g/mol. The second-order valence-corrected chi connectivity index (χ2v) is 7.72. The van der Waals surface area contributed by atoms with Crippen molar-refractivity contribution in [1.29, 1.82) is 0 Å². The van der Waals surface area contributed by atoms with Gasteiger partial charge < -0.3 is 0 Å². The highest BCUT2D eigenvalue weighted by molar-refractivity contribution is 7.94. The summed E-state index contributed by atoms with van der Waals surface area (Å²) >= 11 is 6.96. The van der Waals surface area contributed by atoms with E-state index in [-0.39, 0.29) is 10.2 Å². The third-order valence-corrected chi connectivity index (χ3v) is 5.76. The molecule has 1 aromatic carbocycles. The molecule has 9 heteroatoms. The van der Waals surface area contributed by atoms with Gasteiger partial charge in [0.15, 0.2) is 0 Å². The zero-order valence-electron chi connectivity index (χ0n) is 11.2. The third kappa shape index (κ3) is 3.46. The second-order valence-electron chi connectivity index (χ2n) is 4.43. The molecule has 22 heavy (non-hydrogen) atoms. The van der Waals surface area contributed by atoms with Crippen LogP contribution in [-0.4, -0.2) is 23.2 Å². The molecule has 3 rings (SSSR count). The summed E-state index contributed by atoms with van der Waals surface area (Å²) in [6.07, 6.45) is 1.47. The van der Waals surface area contributed by atoms with Gasteiger partial charge in [0, 0.05) is 5.02 Å². The molecule has 6 nitrogen and oxygen atoms in total. The smallest absolute Gasteiger partial charge is 0.246 e. The summed E-state index contributed by atoms with van der Waals surface area (Å²) in [5.74, 6) is 0.0439. The number of hydrogen-bond donors (Lipinski definition) is 1. The Hall–Kier alpha value is -1.90. The molecule has 0 fully saturated rings. The molecule has 0 aliphatic carbocycles. The first-order chi connectivity index (χ1) is 10.5. The minimum Gasteiger partial charge on any atom is -0.246 e. The van der Waals surface area contributed by atoms with Gasteiger partial charge in [0.05, 0.1) is 6.54 Å². The maximum Gasteiger partial charge on any atom is 0.273 e. The predicted octanol–water partition coefficient (Wildman–Crippen LogP) is 2.84. The Bertz CT molecular complexity index is 858. The molecule has 2 heterocycles. The minimum atomic E-state index is -3.62. The van der Waals surface area contributed by atoms with Gasteiger partial charge in [-0.3, -0.25) is 0 Å². The topological polar surface area (TPSA) is 76.9 Å². The van der Waals surface area contributed by atoms with E-state index >= 15 is 0 Å². The van der Waals surface area contributed by atoms with Crippen molar-refractivity contribution in [1.82, 2.24) is 14.8 Å². The molecule has 0 aliphatic heterocycles. The fraction of sp³-hybridized carbons (Fsp3) is 0.0769. The number of halogens is 1. The fourth-order valence-electron chi connectivity index (χ4n) is 1.78. The molecule has 0 saturated carbocycles. The average Bonchev–Trinajstić information content (AvgIpc) is 3.13. The molecule has 0 aliphatic rings. The lowest BCUT2D eigenvalue weighted by atomic mass is 10.2. The van der Waals surface area contributed by atoms with Gasteiger partial charge in [0.25, 0.3) is 16.0 Å². The van der Waals surface area contributed by atoms with Crippen LogP contribution in [0.4, 0.5) is 5.95 Å². The standard InChI is InChI=1S/C13H11ClN4O2S2/c14-11-5-3-10(4-6-11)8-18-9-15-13(16-18)17-22(19,20)12-2-1-7-21-12/h1-7,9H,8H2,(H,16,17). The van der Waals surface area contributed by atoms with E-state index in [0.717, 1.165) is 16.9 Å². The van der Waals surface area contributed by atoms with E-state index in [1.54, 1.807) is 28.3 Å². The zero-order valence-corrected chi connectivity index (χ0v) is 13.6. The van der Waals surface area contributed by atoms with E-state index in [1.807, 2.05) is 12.1 Å². The number of hydrogen-bond acceptors (Lipinski definition) is 5. The van der Waals surface area contributed by atoms with Crippen LogP contribution in [0.5, 0.6) is 0 Å². The summed E-state index contributed by atoms with van der Waals surface area (Å²) in [5, 5.41) is 6.46. The van der Waals surface area contributed by atoms with Gasteiger partial charge >= 0.3 is 0 Å². The third-order valence-electron chi connectivity index (χ3n) is 2.78. The first-order valence-corrected chi connectivity index (χ1v) is 8.97. The summed E-state index contributed by atoms with van der Waals surface area (Å²) in [6.45, 7) is 0.477. The maximum atomic E-state index is 12.1. The van der Waals surface area contributed by atoms with Crippen molar-refractivity contribution in [2.45, 2.75) is 10.8 Å². The van der Waals surface area contributed by atoms with Crippen LogP contribution in [0.3, 0.4) is 0 Å². The normalized spacial score (nSPS) is 11.5. The van der Waals surface area contributed by atoms with Gasteiger partial charge in [0.1, 0.15) is 10.5 Å². The van der Waals surface area contributed by atoms with Crippen molar-refractivity contribution in [3.05, 3.63) is 58.7 Å². The van der Waals surface area contributed by atoms with E-state index in [9.17, 15) is 8.42 Å². The minimum absolute atomic E-state index is 0.0439. The lowest BCUT2D eigenvalue weighted by Gasteiger charge is -2.02. The molecular weight excluding hydrogens is 344 g/mol. The molecule has 2 aromatic heterocycles. The molecule has 0 bridgehead atoms. The molecular formula is C13H11ClN4O2S2. The van der Waals surface area contributed by atoms with E-state index in [2.05, 4.69) is 14.8 Å². The van der Waals surface area contributed by atoms with Crippen molar-refractivity contribution in [2.24, 2.45) is 0 Å². The Morgan fingerprint density at radius 1 is 1.23 bits per heavy atom. The van der Waals surface area contributed by atoms with Crippen molar-refractivity contribution in [2.75, 3.05) is 4.72 Å². The van der Waals surface area contributed by atoms with Crippen LogP contribution in [0.15, 0.2) is 52.3 Å². The Morgan fingerprint density at radius 3 is 2.68 bits per heavy atom. The first kappa shape index (κ1) is 15.0. The first-order valence-electron chi connectivity index (χ1n) is 6.23. The van der Waals surface area contributed by atoms with Crippen LogP contribution in [-0.2, 0) is 16.6 Å². The fourth-order valence-corrected chi connectivity index (χ4v) is 3.85. The van der Waals surface area contributed by atoms with Crippen LogP contribution in [0.2, 0.25) is 5.02 Å². The van der Waals surface area contributed by atoms with E-state index < -0.39 is 10.0 Å². The molecule has 0 radical (unpaired) electrons. The van der Waals surface area contributed by atoms with Crippen LogP contribution in [0.25, 0.3) is 0 Å². The van der Waals surface area contributed by atoms with Gasteiger partial charge in [-0.05, 0) is 29.1 Å². The van der Waals surface area contributed by atoms with Crippen molar-refractivity contribution < 1.29 is 8.42 Å². The SMILES string of the molecule is O=S(=O)(Nc1ncn(Cc2ccc(Cl)cc2)n1)c1cccs1. The number of sulfonamides is 1. The van der Waals surface area contributed by atoms with Crippen molar-refractivity contribution >= 4 is 38.9 Å². The predicted molar refractivity (Wildman–Crippen MR) is 85.7 cm³/mol. The van der Waals surface area contributed by atoms with Crippen molar-refractivity contribution in [3.8, 4) is 0 Å². The Labute approximate surface area is 136 Å². The number of rotatable bonds is 5. The molecule has 0 unspecified atom stereocenters. The number of nitrogens with one attached hydrogen (secondary N) is 1. The summed E-state index contributed by atoms with van der Waals surface area (Å²) in [5.41, 5.74) is 0.988. The van der Waals surface area contributed by atoms with Gasteiger partial charge in [-0.25, -0.2) is 17.8 Å². The quantitative estimate of drug-likeness (QED) is 0.764. The molecule has 0 atom stereocenters. The molecule has 3 aromatic rings. The zero-order chi connectivity index (χ0) is 15.6. The Kier molecular flexibility index (Phi) is 4.14. The van der Waals surface area contributed by atoms with Gasteiger partial charge in [-0.1, -0.05) is 29.8 Å². The van der Waals surface area contributed by atoms with Gasteiger partial charge in [0.2, 0.25) is 0 Å².